The standard InChI is InChI=1S/C27H23F4N3O3/c1-33(26(36)18-7-11-19(12-8-18)27(29,30)31)16-25(35)34-23(21-5-3-4-6-24(21)37-2)15-22(32-34)17-9-13-20(28)14-10-17/h3-14,23H,15-16H2,1-2H3/t23-/m1/s1. The Morgan fingerprint density at radius 3 is 2.30 bits per heavy atom. The van der Waals surface area contributed by atoms with Crippen LogP contribution in [-0.4, -0.2) is 48.1 Å². The van der Waals surface area contributed by atoms with Gasteiger partial charge in [-0.25, -0.2) is 9.40 Å². The number of benzene rings is 3. The van der Waals surface area contributed by atoms with E-state index in [1.165, 1.54) is 31.3 Å². The van der Waals surface area contributed by atoms with Crippen LogP contribution in [-0.2, 0) is 11.0 Å². The lowest BCUT2D eigenvalue weighted by molar-refractivity contribution is -0.137. The number of carbonyl (C=O) groups is 2. The number of ether oxygens (including phenoxy) is 1. The summed E-state index contributed by atoms with van der Waals surface area (Å²) in [4.78, 5) is 27.3. The van der Waals surface area contributed by atoms with Gasteiger partial charge in [-0.2, -0.15) is 18.3 Å². The van der Waals surface area contributed by atoms with E-state index in [0.717, 1.165) is 29.2 Å². The smallest absolute Gasteiger partial charge is 0.416 e. The summed E-state index contributed by atoms with van der Waals surface area (Å²) in [5.41, 5.74) is 1.05. The van der Waals surface area contributed by atoms with E-state index in [-0.39, 0.29) is 12.1 Å². The lowest BCUT2D eigenvalue weighted by Gasteiger charge is -2.26. The number of likely N-dealkylation sites (N-methyl/N-ethyl adjacent to an activating group) is 1. The first-order valence-electron chi connectivity index (χ1n) is 11.3. The molecule has 0 saturated carbocycles. The second kappa shape index (κ2) is 10.4. The van der Waals surface area contributed by atoms with E-state index >= 15 is 0 Å². The molecule has 0 N–H and O–H groups in total. The first-order valence-corrected chi connectivity index (χ1v) is 11.3. The van der Waals surface area contributed by atoms with Crippen LogP contribution in [0.15, 0.2) is 77.9 Å². The summed E-state index contributed by atoms with van der Waals surface area (Å²) in [5, 5.41) is 5.78. The minimum atomic E-state index is -4.52. The fourth-order valence-corrected chi connectivity index (χ4v) is 4.11. The largest absolute Gasteiger partial charge is 0.496 e. The Morgan fingerprint density at radius 1 is 1.03 bits per heavy atom. The number of hydrogen-bond acceptors (Lipinski definition) is 4. The molecule has 37 heavy (non-hydrogen) atoms. The van der Waals surface area contributed by atoms with Crippen LogP contribution in [0.1, 0.15) is 39.5 Å². The lowest BCUT2D eigenvalue weighted by atomic mass is 9.97. The zero-order chi connectivity index (χ0) is 26.7. The van der Waals surface area contributed by atoms with Crippen molar-refractivity contribution in [2.75, 3.05) is 20.7 Å². The molecule has 10 heteroatoms. The van der Waals surface area contributed by atoms with Gasteiger partial charge in [0.25, 0.3) is 11.8 Å². The molecule has 0 fully saturated rings. The second-order valence-corrected chi connectivity index (χ2v) is 8.49. The summed E-state index contributed by atoms with van der Waals surface area (Å²) in [6.45, 7) is -0.369. The monoisotopic (exact) mass is 513 g/mol. The van der Waals surface area contributed by atoms with Crippen LogP contribution in [0.2, 0.25) is 0 Å². The maximum atomic E-state index is 13.4. The zero-order valence-electron chi connectivity index (χ0n) is 20.0. The van der Waals surface area contributed by atoms with Crippen molar-refractivity contribution in [2.45, 2.75) is 18.6 Å². The van der Waals surface area contributed by atoms with Crippen molar-refractivity contribution >= 4 is 17.5 Å². The number of halogens is 4. The first-order chi connectivity index (χ1) is 17.6. The van der Waals surface area contributed by atoms with E-state index in [2.05, 4.69) is 5.10 Å². The number of hydrogen-bond donors (Lipinski definition) is 0. The summed E-state index contributed by atoms with van der Waals surface area (Å²) in [5.74, 6) is -0.969. The molecule has 1 aliphatic heterocycles. The zero-order valence-corrected chi connectivity index (χ0v) is 20.0. The van der Waals surface area contributed by atoms with Gasteiger partial charge < -0.3 is 9.64 Å². The Balaban J connectivity index is 1.58. The minimum Gasteiger partial charge on any atom is -0.496 e. The van der Waals surface area contributed by atoms with E-state index in [0.29, 0.717) is 29.0 Å². The topological polar surface area (TPSA) is 62.2 Å². The van der Waals surface area contributed by atoms with Gasteiger partial charge in [-0.05, 0) is 48.0 Å². The van der Waals surface area contributed by atoms with Gasteiger partial charge in [0.1, 0.15) is 18.1 Å². The summed E-state index contributed by atoms with van der Waals surface area (Å²) < 4.78 is 57.4. The molecule has 1 atom stereocenters. The number of nitrogens with zero attached hydrogens (tertiary/aromatic N) is 3. The Hall–Kier alpha value is -4.21. The van der Waals surface area contributed by atoms with E-state index in [1.54, 1.807) is 30.3 Å². The molecule has 0 bridgehead atoms. The number of amides is 2. The van der Waals surface area contributed by atoms with Gasteiger partial charge in [0.15, 0.2) is 0 Å². The van der Waals surface area contributed by atoms with E-state index in [9.17, 15) is 27.2 Å². The van der Waals surface area contributed by atoms with Crippen LogP contribution in [0.25, 0.3) is 0 Å². The van der Waals surface area contributed by atoms with Crippen LogP contribution in [0.4, 0.5) is 17.6 Å². The third kappa shape index (κ3) is 5.63. The van der Waals surface area contributed by atoms with Crippen molar-refractivity contribution < 1.29 is 31.9 Å². The molecule has 0 radical (unpaired) electrons. The number of para-hydroxylation sites is 1. The van der Waals surface area contributed by atoms with Gasteiger partial charge in [-0.3, -0.25) is 9.59 Å². The second-order valence-electron chi connectivity index (χ2n) is 8.49. The summed E-state index contributed by atoms with van der Waals surface area (Å²) in [7, 11) is 2.90. The fourth-order valence-electron chi connectivity index (χ4n) is 4.11. The molecule has 3 aromatic carbocycles. The van der Waals surface area contributed by atoms with Crippen LogP contribution >= 0.6 is 0 Å². The van der Waals surface area contributed by atoms with Gasteiger partial charge in [0.2, 0.25) is 0 Å². The van der Waals surface area contributed by atoms with Gasteiger partial charge >= 0.3 is 6.18 Å². The highest BCUT2D eigenvalue weighted by Crippen LogP contribution is 2.37. The number of hydrazone groups is 1. The maximum Gasteiger partial charge on any atom is 0.416 e. The van der Waals surface area contributed by atoms with Crippen molar-refractivity contribution in [1.82, 2.24) is 9.91 Å². The molecular weight excluding hydrogens is 490 g/mol. The van der Waals surface area contributed by atoms with Crippen LogP contribution < -0.4 is 4.74 Å². The summed E-state index contributed by atoms with van der Waals surface area (Å²) in [6.07, 6.45) is -4.19. The highest BCUT2D eigenvalue weighted by molar-refractivity contribution is 6.03. The normalized spacial score (nSPS) is 15.4. The third-order valence-electron chi connectivity index (χ3n) is 6.02. The number of carbonyl (C=O) groups excluding carboxylic acids is 2. The highest BCUT2D eigenvalue weighted by atomic mass is 19.4. The average molecular weight is 513 g/mol. The molecule has 0 aliphatic carbocycles. The molecule has 0 saturated heterocycles. The minimum absolute atomic E-state index is 0.0153. The maximum absolute atomic E-state index is 13.4. The summed E-state index contributed by atoms with van der Waals surface area (Å²) in [6, 6.07) is 16.2. The molecule has 0 unspecified atom stereocenters. The molecule has 0 aromatic heterocycles. The molecule has 6 nitrogen and oxygen atoms in total. The Bertz CT molecular complexity index is 1320. The summed E-state index contributed by atoms with van der Waals surface area (Å²) >= 11 is 0. The van der Waals surface area contributed by atoms with Crippen molar-refractivity contribution in [2.24, 2.45) is 5.10 Å². The Kier molecular flexibility index (Phi) is 7.28. The molecule has 4 rings (SSSR count). The van der Waals surface area contributed by atoms with Gasteiger partial charge in [-0.1, -0.05) is 30.3 Å². The number of alkyl halides is 3. The number of rotatable bonds is 6. The fraction of sp³-hybridized carbons (Fsp3) is 0.222. The molecular formula is C27H23F4N3O3. The highest BCUT2D eigenvalue weighted by Gasteiger charge is 2.36. The number of methoxy groups -OCH3 is 1. The van der Waals surface area contributed by atoms with E-state index < -0.39 is 35.4 Å². The van der Waals surface area contributed by atoms with Crippen molar-refractivity contribution in [3.8, 4) is 5.75 Å². The molecule has 192 valence electrons. The molecule has 1 aliphatic rings. The van der Waals surface area contributed by atoms with E-state index in [4.69, 9.17) is 4.74 Å². The SMILES string of the molecule is COc1ccccc1[C@H]1CC(c2ccc(F)cc2)=NN1C(=O)CN(C)C(=O)c1ccc(C(F)(F)F)cc1. The van der Waals surface area contributed by atoms with Crippen LogP contribution in [0.3, 0.4) is 0 Å². The molecule has 3 aromatic rings. The van der Waals surface area contributed by atoms with Gasteiger partial charge in [0.05, 0.1) is 24.4 Å². The predicted octanol–water partition coefficient (Wildman–Crippen LogP) is 5.30. The molecule has 2 amide bonds. The van der Waals surface area contributed by atoms with Gasteiger partial charge in [0, 0.05) is 24.6 Å². The van der Waals surface area contributed by atoms with Crippen molar-refractivity contribution in [3.63, 3.8) is 0 Å². The van der Waals surface area contributed by atoms with E-state index in [1.807, 2.05) is 6.07 Å². The van der Waals surface area contributed by atoms with Crippen molar-refractivity contribution in [1.29, 1.82) is 0 Å². The van der Waals surface area contributed by atoms with Crippen LogP contribution in [0.5, 0.6) is 5.75 Å². The van der Waals surface area contributed by atoms with Crippen LogP contribution in [0, 0.1) is 5.82 Å². The van der Waals surface area contributed by atoms with Gasteiger partial charge in [-0.15, -0.1) is 0 Å². The average Bonchev–Trinajstić information content (AvgIpc) is 3.33. The van der Waals surface area contributed by atoms with Crippen molar-refractivity contribution in [3.05, 3.63) is 101 Å². The first kappa shape index (κ1) is 25.9. The molecule has 0 spiro atoms. The Labute approximate surface area is 210 Å². The predicted molar refractivity (Wildman–Crippen MR) is 129 cm³/mol. The third-order valence-corrected chi connectivity index (χ3v) is 6.02. The molecule has 1 heterocycles. The quantitative estimate of drug-likeness (QED) is 0.420. The Morgan fingerprint density at radius 2 is 1.68 bits per heavy atom. The lowest BCUT2D eigenvalue weighted by Crippen LogP contribution is -2.39.